The van der Waals surface area contributed by atoms with Gasteiger partial charge in [0.2, 0.25) is 0 Å². The number of carbonyl (C=O) groups is 2. The predicted octanol–water partition coefficient (Wildman–Crippen LogP) is 5.99. The van der Waals surface area contributed by atoms with Crippen molar-refractivity contribution >= 4 is 46.1 Å². The Kier molecular flexibility index (Phi) is 7.28. The quantitative estimate of drug-likeness (QED) is 0.429. The van der Waals surface area contributed by atoms with Crippen LogP contribution >= 0.6 is 34.3 Å². The molecule has 0 unspecified atom stereocenters. The number of nitrogens with zero attached hydrogens (tertiary/aromatic N) is 3. The summed E-state index contributed by atoms with van der Waals surface area (Å²) in [5.74, 6) is 0.110. The van der Waals surface area contributed by atoms with E-state index in [0.717, 1.165) is 34.8 Å². The van der Waals surface area contributed by atoms with E-state index in [9.17, 15) is 9.59 Å². The Bertz CT molecular complexity index is 1090. The van der Waals surface area contributed by atoms with Gasteiger partial charge in [0.15, 0.2) is 0 Å². The van der Waals surface area contributed by atoms with E-state index in [1.807, 2.05) is 59.2 Å². The molecule has 3 aromatic rings. The highest BCUT2D eigenvalue weighted by Gasteiger charge is 2.31. The monoisotopic (exact) mass is 487 g/mol. The molecule has 2 amide bonds. The SMILES string of the molecule is CCCN(C(=O)c1sc(-c2ccc(Cl)s2)nc1C)C1CCN(C(=O)c2ccccc2)CC1. The summed E-state index contributed by atoms with van der Waals surface area (Å²) >= 11 is 8.99. The predicted molar refractivity (Wildman–Crippen MR) is 132 cm³/mol. The maximum atomic E-state index is 13.5. The highest BCUT2D eigenvalue weighted by molar-refractivity contribution is 7.24. The molecule has 1 aliphatic heterocycles. The topological polar surface area (TPSA) is 53.5 Å². The molecule has 2 aromatic heterocycles. The second kappa shape index (κ2) is 10.1. The minimum atomic E-state index is 0.0450. The molecule has 32 heavy (non-hydrogen) atoms. The molecule has 1 fully saturated rings. The molecule has 0 bridgehead atoms. The first-order valence-corrected chi connectivity index (χ1v) is 12.9. The summed E-state index contributed by atoms with van der Waals surface area (Å²) in [4.78, 5) is 36.5. The summed E-state index contributed by atoms with van der Waals surface area (Å²) in [6.07, 6.45) is 2.46. The standard InChI is InChI=1S/C24H26ClN3O2S2/c1-3-13-28(18-11-14-27(15-12-18)23(29)17-7-5-4-6-8-17)24(30)21-16(2)26-22(32-21)19-9-10-20(25)31-19/h4-10,18H,3,11-15H2,1-2H3. The Balaban J connectivity index is 1.47. The molecule has 0 spiro atoms. The van der Waals surface area contributed by atoms with E-state index >= 15 is 0 Å². The molecule has 1 saturated heterocycles. The van der Waals surface area contributed by atoms with Crippen LogP contribution in [0.3, 0.4) is 0 Å². The van der Waals surface area contributed by atoms with E-state index in [1.54, 1.807) is 0 Å². The van der Waals surface area contributed by atoms with Crippen molar-refractivity contribution in [1.29, 1.82) is 0 Å². The molecule has 168 valence electrons. The molecule has 0 atom stereocenters. The lowest BCUT2D eigenvalue weighted by Gasteiger charge is -2.38. The number of carbonyl (C=O) groups excluding carboxylic acids is 2. The van der Waals surface area contributed by atoms with Crippen LogP contribution in [0.4, 0.5) is 0 Å². The van der Waals surface area contributed by atoms with Gasteiger partial charge < -0.3 is 9.80 Å². The lowest BCUT2D eigenvalue weighted by atomic mass is 10.0. The molecule has 0 N–H and O–H groups in total. The van der Waals surface area contributed by atoms with Crippen LogP contribution < -0.4 is 0 Å². The van der Waals surface area contributed by atoms with Gasteiger partial charge in [-0.25, -0.2) is 4.98 Å². The van der Waals surface area contributed by atoms with Crippen molar-refractivity contribution in [1.82, 2.24) is 14.8 Å². The van der Waals surface area contributed by atoms with Crippen molar-refractivity contribution in [3.8, 4) is 9.88 Å². The Labute approximate surface area is 201 Å². The molecule has 5 nitrogen and oxygen atoms in total. The summed E-state index contributed by atoms with van der Waals surface area (Å²) in [5, 5.41) is 0.836. The van der Waals surface area contributed by atoms with Gasteiger partial charge in [-0.2, -0.15) is 0 Å². The van der Waals surface area contributed by atoms with Gasteiger partial charge in [0, 0.05) is 31.2 Å². The van der Waals surface area contributed by atoms with Crippen molar-refractivity contribution in [2.75, 3.05) is 19.6 Å². The van der Waals surface area contributed by atoms with E-state index in [-0.39, 0.29) is 17.9 Å². The molecule has 0 saturated carbocycles. The summed E-state index contributed by atoms with van der Waals surface area (Å²) in [5.41, 5.74) is 1.48. The van der Waals surface area contributed by atoms with Gasteiger partial charge in [-0.3, -0.25) is 9.59 Å². The maximum absolute atomic E-state index is 13.5. The Morgan fingerprint density at radius 1 is 1.12 bits per heavy atom. The van der Waals surface area contributed by atoms with Gasteiger partial charge in [-0.15, -0.1) is 22.7 Å². The first kappa shape index (κ1) is 23.0. The number of amides is 2. The molecule has 0 aliphatic carbocycles. The number of rotatable bonds is 6. The fraction of sp³-hybridized carbons (Fsp3) is 0.375. The molecule has 3 heterocycles. The normalized spacial score (nSPS) is 14.5. The number of hydrogen-bond donors (Lipinski definition) is 0. The van der Waals surface area contributed by atoms with Crippen LogP contribution in [0.2, 0.25) is 4.34 Å². The maximum Gasteiger partial charge on any atom is 0.266 e. The first-order chi connectivity index (χ1) is 15.5. The Morgan fingerprint density at radius 3 is 2.47 bits per heavy atom. The van der Waals surface area contributed by atoms with Crippen molar-refractivity contribution in [3.05, 3.63) is 62.9 Å². The van der Waals surface area contributed by atoms with Crippen LogP contribution in [0, 0.1) is 6.92 Å². The van der Waals surface area contributed by atoms with Crippen molar-refractivity contribution < 1.29 is 9.59 Å². The van der Waals surface area contributed by atoms with Gasteiger partial charge in [-0.05, 0) is 50.5 Å². The minimum Gasteiger partial charge on any atom is -0.338 e. The van der Waals surface area contributed by atoms with Crippen LogP contribution in [0.15, 0.2) is 42.5 Å². The van der Waals surface area contributed by atoms with Crippen LogP contribution in [-0.2, 0) is 0 Å². The molecular formula is C24H26ClN3O2S2. The lowest BCUT2D eigenvalue weighted by molar-refractivity contribution is 0.0522. The lowest BCUT2D eigenvalue weighted by Crippen LogP contribution is -2.49. The fourth-order valence-corrected chi connectivity index (χ4v) is 6.21. The first-order valence-electron chi connectivity index (χ1n) is 10.9. The van der Waals surface area contributed by atoms with Crippen molar-refractivity contribution in [3.63, 3.8) is 0 Å². The zero-order valence-electron chi connectivity index (χ0n) is 18.2. The van der Waals surface area contributed by atoms with Crippen LogP contribution in [-0.4, -0.2) is 52.3 Å². The van der Waals surface area contributed by atoms with Gasteiger partial charge >= 0.3 is 0 Å². The minimum absolute atomic E-state index is 0.0450. The Morgan fingerprint density at radius 2 is 1.84 bits per heavy atom. The average Bonchev–Trinajstić information content (AvgIpc) is 3.43. The molecular weight excluding hydrogens is 462 g/mol. The van der Waals surface area contributed by atoms with E-state index in [0.29, 0.717) is 34.4 Å². The summed E-state index contributed by atoms with van der Waals surface area (Å²) in [6, 6.07) is 13.3. The second-order valence-corrected chi connectivity index (χ2v) is 10.6. The zero-order chi connectivity index (χ0) is 22.7. The smallest absolute Gasteiger partial charge is 0.266 e. The van der Waals surface area contributed by atoms with Gasteiger partial charge in [-0.1, -0.05) is 36.7 Å². The van der Waals surface area contributed by atoms with Crippen LogP contribution in [0.25, 0.3) is 9.88 Å². The van der Waals surface area contributed by atoms with Gasteiger partial charge in [0.1, 0.15) is 9.88 Å². The third-order valence-corrected chi connectivity index (χ3v) is 8.26. The number of hydrogen-bond acceptors (Lipinski definition) is 5. The van der Waals surface area contributed by atoms with Gasteiger partial charge in [0.25, 0.3) is 11.8 Å². The molecule has 1 aromatic carbocycles. The van der Waals surface area contributed by atoms with E-state index < -0.39 is 0 Å². The number of aromatic nitrogens is 1. The number of benzene rings is 1. The third-order valence-electron chi connectivity index (χ3n) is 5.71. The van der Waals surface area contributed by atoms with E-state index in [4.69, 9.17) is 11.6 Å². The molecule has 8 heteroatoms. The summed E-state index contributed by atoms with van der Waals surface area (Å²) < 4.78 is 0.713. The average molecular weight is 488 g/mol. The second-order valence-electron chi connectivity index (χ2n) is 7.93. The van der Waals surface area contributed by atoms with E-state index in [1.165, 1.54) is 22.7 Å². The van der Waals surface area contributed by atoms with Crippen LogP contribution in [0.1, 0.15) is 51.9 Å². The highest BCUT2D eigenvalue weighted by atomic mass is 35.5. The van der Waals surface area contributed by atoms with Crippen LogP contribution in [0.5, 0.6) is 0 Å². The molecule has 1 aliphatic rings. The number of likely N-dealkylation sites (tertiary alicyclic amines) is 1. The summed E-state index contributed by atoms with van der Waals surface area (Å²) in [7, 11) is 0. The third kappa shape index (κ3) is 4.90. The molecule has 4 rings (SSSR count). The number of aryl methyl sites for hydroxylation is 1. The van der Waals surface area contributed by atoms with Crippen molar-refractivity contribution in [2.24, 2.45) is 0 Å². The summed E-state index contributed by atoms with van der Waals surface area (Å²) in [6.45, 7) is 6.01. The number of piperidine rings is 1. The number of thiazole rings is 1. The fourth-order valence-electron chi connectivity index (χ4n) is 4.09. The van der Waals surface area contributed by atoms with Crippen molar-refractivity contribution in [2.45, 2.75) is 39.2 Å². The zero-order valence-corrected chi connectivity index (χ0v) is 20.6. The van der Waals surface area contributed by atoms with E-state index in [2.05, 4.69) is 11.9 Å². The van der Waals surface area contributed by atoms with Gasteiger partial charge in [0.05, 0.1) is 14.9 Å². The molecule has 0 radical (unpaired) electrons. The largest absolute Gasteiger partial charge is 0.338 e. The number of halogens is 1. The highest BCUT2D eigenvalue weighted by Crippen LogP contribution is 2.35. The number of thiophene rings is 1. The Hall–Kier alpha value is -2.22.